The number of pyridine rings is 1. The van der Waals surface area contributed by atoms with Crippen LogP contribution in [-0.2, 0) is 0 Å². The third kappa shape index (κ3) is 1.55. The molecule has 0 aliphatic carbocycles. The molecule has 0 atom stereocenters. The number of nitrogen functional groups attached to an aromatic ring is 1. The Morgan fingerprint density at radius 2 is 2.25 bits per heavy atom. The first-order valence-corrected chi connectivity index (χ1v) is 4.04. The Labute approximate surface area is 78.1 Å². The Kier molecular flexibility index (Phi) is 2.32. The van der Waals surface area contributed by atoms with Gasteiger partial charge in [-0.1, -0.05) is 0 Å². The second kappa shape index (κ2) is 3.10. The van der Waals surface area contributed by atoms with Crippen LogP contribution in [0.15, 0.2) is 10.5 Å². The van der Waals surface area contributed by atoms with Gasteiger partial charge in [0.1, 0.15) is 5.69 Å². The minimum Gasteiger partial charge on any atom is -0.396 e. The van der Waals surface area contributed by atoms with Gasteiger partial charge in [0, 0.05) is 4.47 Å². The lowest BCUT2D eigenvalue weighted by atomic mass is 10.2. The van der Waals surface area contributed by atoms with Crippen molar-refractivity contribution in [3.63, 3.8) is 0 Å². The number of hydrogen-bond acceptors (Lipinski definition) is 3. The first-order valence-electron chi connectivity index (χ1n) is 3.25. The van der Waals surface area contributed by atoms with Gasteiger partial charge in [0.25, 0.3) is 5.91 Å². The monoisotopic (exact) mass is 229 g/mol. The summed E-state index contributed by atoms with van der Waals surface area (Å²) in [5.74, 6) is -0.557. The summed E-state index contributed by atoms with van der Waals surface area (Å²) in [6, 6.07) is 1.50. The van der Waals surface area contributed by atoms with E-state index < -0.39 is 5.91 Å². The van der Waals surface area contributed by atoms with E-state index >= 15 is 0 Å². The SMILES string of the molecule is Cc1nc(C(N)=O)cc(Br)c1N. The van der Waals surface area contributed by atoms with Crippen LogP contribution in [0.1, 0.15) is 16.2 Å². The minimum atomic E-state index is -0.557. The van der Waals surface area contributed by atoms with Crippen molar-refractivity contribution in [3.8, 4) is 0 Å². The summed E-state index contributed by atoms with van der Waals surface area (Å²) < 4.78 is 0.642. The van der Waals surface area contributed by atoms with Gasteiger partial charge in [-0.3, -0.25) is 4.79 Å². The van der Waals surface area contributed by atoms with Crippen molar-refractivity contribution in [1.82, 2.24) is 4.98 Å². The molecule has 1 amide bonds. The van der Waals surface area contributed by atoms with E-state index in [1.54, 1.807) is 6.92 Å². The summed E-state index contributed by atoms with van der Waals surface area (Å²) in [4.78, 5) is 14.6. The molecule has 1 aromatic rings. The standard InChI is InChI=1S/C7H8BrN3O/c1-3-6(9)4(8)2-5(11-3)7(10)12/h2H,9H2,1H3,(H2,10,12). The van der Waals surface area contributed by atoms with Crippen LogP contribution in [0, 0.1) is 6.92 Å². The van der Waals surface area contributed by atoms with Crippen molar-refractivity contribution in [1.29, 1.82) is 0 Å². The van der Waals surface area contributed by atoms with Crippen LogP contribution in [0.5, 0.6) is 0 Å². The molecule has 0 saturated heterocycles. The highest BCUT2D eigenvalue weighted by Gasteiger charge is 2.07. The number of primary amides is 1. The number of nitrogens with zero attached hydrogens (tertiary/aromatic N) is 1. The van der Waals surface area contributed by atoms with E-state index in [-0.39, 0.29) is 5.69 Å². The molecule has 1 rings (SSSR count). The molecule has 0 aliphatic rings. The van der Waals surface area contributed by atoms with Gasteiger partial charge < -0.3 is 11.5 Å². The molecule has 5 heteroatoms. The highest BCUT2D eigenvalue weighted by molar-refractivity contribution is 9.10. The normalized spacial score (nSPS) is 9.83. The van der Waals surface area contributed by atoms with Gasteiger partial charge in [0.15, 0.2) is 0 Å². The highest BCUT2D eigenvalue weighted by Crippen LogP contribution is 2.21. The molecule has 0 bridgehead atoms. The van der Waals surface area contributed by atoms with Gasteiger partial charge in [-0.05, 0) is 28.9 Å². The average Bonchev–Trinajstić information content (AvgIpc) is 1.99. The van der Waals surface area contributed by atoms with Gasteiger partial charge >= 0.3 is 0 Å². The largest absolute Gasteiger partial charge is 0.396 e. The van der Waals surface area contributed by atoms with Crippen LogP contribution >= 0.6 is 15.9 Å². The third-order valence-corrected chi connectivity index (χ3v) is 2.11. The summed E-state index contributed by atoms with van der Waals surface area (Å²) >= 11 is 3.19. The van der Waals surface area contributed by atoms with Crippen molar-refractivity contribution in [2.45, 2.75) is 6.92 Å². The number of carbonyl (C=O) groups excluding carboxylic acids is 1. The van der Waals surface area contributed by atoms with Crippen molar-refractivity contribution in [2.75, 3.05) is 5.73 Å². The van der Waals surface area contributed by atoms with Gasteiger partial charge in [-0.15, -0.1) is 0 Å². The number of amides is 1. The molecule has 0 spiro atoms. The molecule has 0 aliphatic heterocycles. The van der Waals surface area contributed by atoms with E-state index in [4.69, 9.17) is 11.5 Å². The molecule has 12 heavy (non-hydrogen) atoms. The second-order valence-electron chi connectivity index (χ2n) is 2.35. The minimum absolute atomic E-state index is 0.216. The lowest BCUT2D eigenvalue weighted by molar-refractivity contribution is 0.0995. The number of aromatic nitrogens is 1. The van der Waals surface area contributed by atoms with E-state index in [0.29, 0.717) is 15.9 Å². The van der Waals surface area contributed by atoms with Crippen molar-refractivity contribution in [2.24, 2.45) is 5.73 Å². The molecule has 0 saturated carbocycles. The maximum Gasteiger partial charge on any atom is 0.267 e. The molecular formula is C7H8BrN3O. The van der Waals surface area contributed by atoms with E-state index in [0.717, 1.165) is 0 Å². The summed E-state index contributed by atoms with van der Waals surface area (Å²) in [5.41, 5.74) is 12.0. The van der Waals surface area contributed by atoms with E-state index in [9.17, 15) is 4.79 Å². The maximum atomic E-state index is 10.7. The first-order chi connectivity index (χ1) is 5.52. The first kappa shape index (κ1) is 8.99. The molecular weight excluding hydrogens is 222 g/mol. The molecule has 1 heterocycles. The van der Waals surface area contributed by atoms with Crippen LogP contribution in [0.25, 0.3) is 0 Å². The zero-order chi connectivity index (χ0) is 9.30. The Morgan fingerprint density at radius 3 is 2.67 bits per heavy atom. The summed E-state index contributed by atoms with van der Waals surface area (Å²) in [6.45, 7) is 1.71. The van der Waals surface area contributed by atoms with Crippen LogP contribution in [0.4, 0.5) is 5.69 Å². The molecule has 0 radical (unpaired) electrons. The number of halogens is 1. The van der Waals surface area contributed by atoms with Gasteiger partial charge in [0.05, 0.1) is 11.4 Å². The lowest BCUT2D eigenvalue weighted by Gasteiger charge is -2.03. The van der Waals surface area contributed by atoms with Crippen molar-refractivity contribution < 1.29 is 4.79 Å². The zero-order valence-corrected chi connectivity index (χ0v) is 8.05. The van der Waals surface area contributed by atoms with Crippen LogP contribution in [0.3, 0.4) is 0 Å². The third-order valence-electron chi connectivity index (χ3n) is 1.45. The number of nitrogens with two attached hydrogens (primary N) is 2. The predicted octanol–water partition coefficient (Wildman–Crippen LogP) is 0.834. The number of aryl methyl sites for hydroxylation is 1. The van der Waals surface area contributed by atoms with Crippen molar-refractivity contribution in [3.05, 3.63) is 21.9 Å². The van der Waals surface area contributed by atoms with Crippen molar-refractivity contribution >= 4 is 27.5 Å². The highest BCUT2D eigenvalue weighted by atomic mass is 79.9. The van der Waals surface area contributed by atoms with Crippen LogP contribution in [0.2, 0.25) is 0 Å². The molecule has 4 nitrogen and oxygen atoms in total. The Bertz CT molecular complexity index is 314. The Morgan fingerprint density at radius 1 is 1.67 bits per heavy atom. The van der Waals surface area contributed by atoms with E-state index in [1.165, 1.54) is 6.07 Å². The number of rotatable bonds is 1. The van der Waals surface area contributed by atoms with Gasteiger partial charge in [-0.2, -0.15) is 0 Å². The lowest BCUT2D eigenvalue weighted by Crippen LogP contribution is -2.14. The molecule has 64 valence electrons. The van der Waals surface area contributed by atoms with E-state index in [1.807, 2.05) is 0 Å². The molecule has 1 aromatic heterocycles. The van der Waals surface area contributed by atoms with E-state index in [2.05, 4.69) is 20.9 Å². The summed E-state index contributed by atoms with van der Waals surface area (Å²) in [5, 5.41) is 0. The predicted molar refractivity (Wildman–Crippen MR) is 49.6 cm³/mol. The molecule has 4 N–H and O–H groups in total. The second-order valence-corrected chi connectivity index (χ2v) is 3.21. The average molecular weight is 230 g/mol. The fraction of sp³-hybridized carbons (Fsp3) is 0.143. The Balaban J connectivity index is 3.31. The number of carbonyl (C=O) groups is 1. The molecule has 0 unspecified atom stereocenters. The molecule has 0 aromatic carbocycles. The number of anilines is 1. The summed E-state index contributed by atoms with van der Waals surface area (Å²) in [6.07, 6.45) is 0. The fourth-order valence-corrected chi connectivity index (χ4v) is 1.27. The fourth-order valence-electron chi connectivity index (χ4n) is 0.770. The van der Waals surface area contributed by atoms with Crippen LogP contribution < -0.4 is 11.5 Å². The van der Waals surface area contributed by atoms with Gasteiger partial charge in [0.2, 0.25) is 0 Å². The smallest absolute Gasteiger partial charge is 0.267 e. The number of hydrogen-bond donors (Lipinski definition) is 2. The topological polar surface area (TPSA) is 82.0 Å². The Hall–Kier alpha value is -1.10. The zero-order valence-electron chi connectivity index (χ0n) is 6.47. The van der Waals surface area contributed by atoms with Crippen LogP contribution in [-0.4, -0.2) is 10.9 Å². The summed E-state index contributed by atoms with van der Waals surface area (Å²) in [7, 11) is 0. The quantitative estimate of drug-likeness (QED) is 0.749. The molecule has 0 fully saturated rings. The van der Waals surface area contributed by atoms with Gasteiger partial charge in [-0.25, -0.2) is 4.98 Å². The maximum absolute atomic E-state index is 10.7.